The molecule has 1 aliphatic carbocycles. The van der Waals surface area contributed by atoms with Crippen molar-refractivity contribution in [3.8, 4) is 0 Å². The predicted octanol–water partition coefficient (Wildman–Crippen LogP) is 2.13. The SMILES string of the molecule is Nc1cc(Cl)cc(S(=O)(=O)NCC2(CCO)CC2)c1Br. The molecule has 1 aromatic rings. The van der Waals surface area contributed by atoms with Crippen LogP contribution in [0.15, 0.2) is 21.5 Å². The highest BCUT2D eigenvalue weighted by molar-refractivity contribution is 9.10. The molecule has 1 aliphatic rings. The smallest absolute Gasteiger partial charge is 0.241 e. The zero-order valence-corrected chi connectivity index (χ0v) is 13.9. The van der Waals surface area contributed by atoms with Crippen molar-refractivity contribution in [2.75, 3.05) is 18.9 Å². The van der Waals surface area contributed by atoms with E-state index in [2.05, 4.69) is 20.7 Å². The van der Waals surface area contributed by atoms with Crippen LogP contribution in [0.3, 0.4) is 0 Å². The average molecular weight is 384 g/mol. The van der Waals surface area contributed by atoms with Gasteiger partial charge in [-0.15, -0.1) is 0 Å². The Kier molecular flexibility index (Phi) is 4.66. The van der Waals surface area contributed by atoms with Gasteiger partial charge in [0, 0.05) is 23.9 Å². The molecule has 1 saturated carbocycles. The summed E-state index contributed by atoms with van der Waals surface area (Å²) in [5.74, 6) is 0. The zero-order chi connectivity index (χ0) is 15.0. The number of rotatable bonds is 6. The van der Waals surface area contributed by atoms with Crippen molar-refractivity contribution in [1.29, 1.82) is 0 Å². The third-order valence-electron chi connectivity index (χ3n) is 3.56. The molecule has 0 radical (unpaired) electrons. The predicted molar refractivity (Wildman–Crippen MR) is 82.1 cm³/mol. The summed E-state index contributed by atoms with van der Waals surface area (Å²) in [4.78, 5) is 0.0299. The van der Waals surface area contributed by atoms with Crippen LogP contribution < -0.4 is 10.5 Å². The minimum atomic E-state index is -3.69. The molecule has 0 saturated heterocycles. The first-order chi connectivity index (χ1) is 9.30. The lowest BCUT2D eigenvalue weighted by Crippen LogP contribution is -2.31. The number of sulfonamides is 1. The number of aliphatic hydroxyl groups is 1. The van der Waals surface area contributed by atoms with E-state index in [0.717, 1.165) is 12.8 Å². The lowest BCUT2D eigenvalue weighted by molar-refractivity contribution is 0.249. The van der Waals surface area contributed by atoms with Crippen LogP contribution in [0, 0.1) is 5.41 Å². The van der Waals surface area contributed by atoms with Gasteiger partial charge in [-0.2, -0.15) is 0 Å². The van der Waals surface area contributed by atoms with Crippen molar-refractivity contribution in [1.82, 2.24) is 4.72 Å². The summed E-state index contributed by atoms with van der Waals surface area (Å²) < 4.78 is 27.5. The molecule has 0 amide bonds. The third kappa shape index (κ3) is 3.46. The maximum atomic E-state index is 12.3. The van der Waals surface area contributed by atoms with Gasteiger partial charge >= 0.3 is 0 Å². The van der Waals surface area contributed by atoms with E-state index >= 15 is 0 Å². The molecule has 0 atom stereocenters. The molecule has 8 heteroatoms. The number of nitrogens with two attached hydrogens (primary N) is 1. The van der Waals surface area contributed by atoms with Crippen LogP contribution in [0.2, 0.25) is 5.02 Å². The first kappa shape index (κ1) is 16.0. The first-order valence-electron chi connectivity index (χ1n) is 6.15. The summed E-state index contributed by atoms with van der Waals surface area (Å²) in [5.41, 5.74) is 5.88. The monoisotopic (exact) mass is 382 g/mol. The molecule has 0 bridgehead atoms. The Labute approximate surface area is 131 Å². The fourth-order valence-electron chi connectivity index (χ4n) is 2.03. The Hall–Kier alpha value is -0.340. The molecular weight excluding hydrogens is 368 g/mol. The van der Waals surface area contributed by atoms with E-state index in [-0.39, 0.29) is 27.6 Å². The standard InChI is InChI=1S/C12H16BrClN2O3S/c13-11-9(15)5-8(14)6-10(11)20(18,19)16-7-12(1-2-12)3-4-17/h5-6,16-17H,1-4,7,15H2. The molecule has 0 spiro atoms. The Bertz CT molecular complexity index is 617. The highest BCUT2D eigenvalue weighted by atomic mass is 79.9. The Morgan fingerprint density at radius 2 is 2.10 bits per heavy atom. The van der Waals surface area contributed by atoms with Gasteiger partial charge in [-0.05, 0) is 52.7 Å². The quantitative estimate of drug-likeness (QED) is 0.656. The number of anilines is 1. The summed E-state index contributed by atoms with van der Waals surface area (Å²) >= 11 is 9.03. The number of hydrogen-bond donors (Lipinski definition) is 3. The fraction of sp³-hybridized carbons (Fsp3) is 0.500. The van der Waals surface area contributed by atoms with Crippen LogP contribution >= 0.6 is 27.5 Å². The number of hydrogen-bond acceptors (Lipinski definition) is 4. The maximum Gasteiger partial charge on any atom is 0.241 e. The van der Waals surface area contributed by atoms with Gasteiger partial charge in [0.25, 0.3) is 0 Å². The van der Waals surface area contributed by atoms with Crippen LogP contribution in [-0.4, -0.2) is 26.7 Å². The molecule has 0 aromatic heterocycles. The third-order valence-corrected chi connectivity index (χ3v) is 6.35. The summed E-state index contributed by atoms with van der Waals surface area (Å²) in [6, 6.07) is 2.84. The van der Waals surface area contributed by atoms with Crippen LogP contribution in [0.25, 0.3) is 0 Å². The molecule has 4 N–H and O–H groups in total. The Morgan fingerprint density at radius 1 is 1.45 bits per heavy atom. The van der Waals surface area contributed by atoms with Crippen molar-refractivity contribution >= 4 is 43.2 Å². The first-order valence-corrected chi connectivity index (χ1v) is 8.80. The second-order valence-electron chi connectivity index (χ2n) is 5.11. The summed E-state index contributed by atoms with van der Waals surface area (Å²) in [7, 11) is -3.69. The highest BCUT2D eigenvalue weighted by Crippen LogP contribution is 2.48. The molecule has 0 aliphatic heterocycles. The lowest BCUT2D eigenvalue weighted by atomic mass is 10.0. The number of nitrogens with one attached hydrogen (secondary N) is 1. The zero-order valence-electron chi connectivity index (χ0n) is 10.7. The molecule has 1 aromatic carbocycles. The second kappa shape index (κ2) is 5.81. The minimum Gasteiger partial charge on any atom is -0.398 e. The van der Waals surface area contributed by atoms with Crippen molar-refractivity contribution < 1.29 is 13.5 Å². The number of aliphatic hydroxyl groups excluding tert-OH is 1. The fourth-order valence-corrected chi connectivity index (χ4v) is 4.48. The van der Waals surface area contributed by atoms with Crippen LogP contribution in [0.1, 0.15) is 19.3 Å². The molecular formula is C12H16BrClN2O3S. The Morgan fingerprint density at radius 3 is 2.65 bits per heavy atom. The van der Waals surface area contributed by atoms with E-state index in [9.17, 15) is 8.42 Å². The number of halogens is 2. The second-order valence-corrected chi connectivity index (χ2v) is 8.07. The van der Waals surface area contributed by atoms with Gasteiger partial charge in [0.05, 0.1) is 9.37 Å². The van der Waals surface area contributed by atoms with E-state index in [0.29, 0.717) is 17.4 Å². The molecule has 5 nitrogen and oxygen atoms in total. The topological polar surface area (TPSA) is 92.4 Å². The van der Waals surface area contributed by atoms with Crippen LogP contribution in [-0.2, 0) is 10.0 Å². The van der Waals surface area contributed by atoms with E-state index in [4.69, 9.17) is 22.4 Å². The van der Waals surface area contributed by atoms with Gasteiger partial charge in [-0.1, -0.05) is 11.6 Å². The normalized spacial score (nSPS) is 17.1. The van der Waals surface area contributed by atoms with Gasteiger partial charge in [-0.3, -0.25) is 0 Å². The van der Waals surface area contributed by atoms with Crippen molar-refractivity contribution in [3.05, 3.63) is 21.6 Å². The lowest BCUT2D eigenvalue weighted by Gasteiger charge is -2.16. The van der Waals surface area contributed by atoms with Gasteiger partial charge in [0.1, 0.15) is 0 Å². The van der Waals surface area contributed by atoms with Gasteiger partial charge < -0.3 is 10.8 Å². The average Bonchev–Trinajstić information content (AvgIpc) is 3.12. The molecule has 0 heterocycles. The van der Waals surface area contributed by atoms with Crippen molar-refractivity contribution in [2.45, 2.75) is 24.2 Å². The largest absolute Gasteiger partial charge is 0.398 e. The Balaban J connectivity index is 2.19. The van der Waals surface area contributed by atoms with E-state index in [1.165, 1.54) is 12.1 Å². The minimum absolute atomic E-state index is 0.0299. The molecule has 0 unspecified atom stereocenters. The van der Waals surface area contributed by atoms with E-state index < -0.39 is 10.0 Å². The highest BCUT2D eigenvalue weighted by Gasteiger charge is 2.42. The van der Waals surface area contributed by atoms with Crippen molar-refractivity contribution in [2.24, 2.45) is 5.41 Å². The molecule has 112 valence electrons. The summed E-state index contributed by atoms with van der Waals surface area (Å²) in [5, 5.41) is 9.25. The van der Waals surface area contributed by atoms with Crippen molar-refractivity contribution in [3.63, 3.8) is 0 Å². The summed E-state index contributed by atoms with van der Waals surface area (Å²) in [6.45, 7) is 0.379. The van der Waals surface area contributed by atoms with Crippen LogP contribution in [0.4, 0.5) is 5.69 Å². The van der Waals surface area contributed by atoms with Gasteiger partial charge in [-0.25, -0.2) is 13.1 Å². The van der Waals surface area contributed by atoms with Gasteiger partial charge in [0.15, 0.2) is 0 Å². The van der Waals surface area contributed by atoms with Crippen LogP contribution in [0.5, 0.6) is 0 Å². The maximum absolute atomic E-state index is 12.3. The number of benzene rings is 1. The van der Waals surface area contributed by atoms with E-state index in [1.807, 2.05) is 0 Å². The van der Waals surface area contributed by atoms with Gasteiger partial charge in [0.2, 0.25) is 10.0 Å². The summed E-state index contributed by atoms with van der Waals surface area (Å²) in [6.07, 6.45) is 2.46. The molecule has 2 rings (SSSR count). The molecule has 20 heavy (non-hydrogen) atoms. The number of nitrogen functional groups attached to an aromatic ring is 1. The van der Waals surface area contributed by atoms with E-state index in [1.54, 1.807) is 0 Å². The molecule has 1 fully saturated rings.